The highest BCUT2D eigenvalue weighted by molar-refractivity contribution is 5.84. The maximum atomic E-state index is 6.10. The molecule has 2 unspecified atom stereocenters. The monoisotopic (exact) mass is 286 g/mol. The van der Waals surface area contributed by atoms with Crippen molar-refractivity contribution in [1.82, 2.24) is 10.3 Å². The summed E-state index contributed by atoms with van der Waals surface area (Å²) < 4.78 is 6.10. The van der Waals surface area contributed by atoms with E-state index in [2.05, 4.69) is 37.1 Å². The maximum absolute atomic E-state index is 6.10. The van der Waals surface area contributed by atoms with Crippen LogP contribution in [0, 0.1) is 5.92 Å². The Kier molecular flexibility index (Phi) is 6.00. The van der Waals surface area contributed by atoms with Crippen molar-refractivity contribution in [2.45, 2.75) is 39.7 Å². The van der Waals surface area contributed by atoms with Gasteiger partial charge in [0.05, 0.1) is 5.52 Å². The molecule has 114 valence electrons. The van der Waals surface area contributed by atoms with Crippen LogP contribution in [0.25, 0.3) is 10.9 Å². The number of pyridine rings is 1. The van der Waals surface area contributed by atoms with Crippen molar-refractivity contribution in [3.63, 3.8) is 0 Å². The van der Waals surface area contributed by atoms with Gasteiger partial charge >= 0.3 is 0 Å². The van der Waals surface area contributed by atoms with Crippen LogP contribution in [0.15, 0.2) is 36.5 Å². The minimum Gasteiger partial charge on any atom is -0.491 e. The lowest BCUT2D eigenvalue weighted by Crippen LogP contribution is -2.40. The predicted octanol–water partition coefficient (Wildman–Crippen LogP) is 4.03. The Hall–Kier alpha value is -1.61. The zero-order valence-electron chi connectivity index (χ0n) is 13.3. The van der Waals surface area contributed by atoms with Gasteiger partial charge in [0.1, 0.15) is 12.4 Å². The second-order valence-corrected chi connectivity index (χ2v) is 5.58. The fourth-order valence-electron chi connectivity index (χ4n) is 2.42. The van der Waals surface area contributed by atoms with Gasteiger partial charge in [0.25, 0.3) is 0 Å². The number of aromatic nitrogens is 1. The molecule has 0 aliphatic heterocycles. The molecule has 1 N–H and O–H groups in total. The highest BCUT2D eigenvalue weighted by Crippen LogP contribution is 2.24. The van der Waals surface area contributed by atoms with Crippen molar-refractivity contribution in [2.75, 3.05) is 13.2 Å². The van der Waals surface area contributed by atoms with Crippen molar-refractivity contribution in [3.8, 4) is 5.75 Å². The summed E-state index contributed by atoms with van der Waals surface area (Å²) in [4.78, 5) is 4.37. The van der Waals surface area contributed by atoms with Gasteiger partial charge in [-0.2, -0.15) is 0 Å². The third-order valence-electron chi connectivity index (χ3n) is 4.01. The van der Waals surface area contributed by atoms with Crippen LogP contribution in [0.5, 0.6) is 5.75 Å². The summed E-state index contributed by atoms with van der Waals surface area (Å²) in [6.45, 7) is 8.44. The highest BCUT2D eigenvalue weighted by atomic mass is 16.5. The van der Waals surface area contributed by atoms with E-state index in [0.29, 0.717) is 18.6 Å². The summed E-state index contributed by atoms with van der Waals surface area (Å²) in [5, 5.41) is 4.68. The lowest BCUT2D eigenvalue weighted by molar-refractivity contribution is 0.222. The standard InChI is InChI=1S/C18H26N2O/c1-4-11-19-17(14(3)5-2)13-21-18-10-6-9-16-15(18)8-7-12-20-16/h6-10,12,14,17,19H,4-5,11,13H2,1-3H3. The summed E-state index contributed by atoms with van der Waals surface area (Å²) >= 11 is 0. The van der Waals surface area contributed by atoms with Crippen LogP contribution >= 0.6 is 0 Å². The Morgan fingerprint density at radius 3 is 2.81 bits per heavy atom. The average molecular weight is 286 g/mol. The Morgan fingerprint density at radius 2 is 2.05 bits per heavy atom. The lowest BCUT2D eigenvalue weighted by Gasteiger charge is -2.24. The summed E-state index contributed by atoms with van der Waals surface area (Å²) in [6.07, 6.45) is 4.11. The zero-order valence-corrected chi connectivity index (χ0v) is 13.3. The third kappa shape index (κ3) is 4.18. The van der Waals surface area contributed by atoms with Crippen molar-refractivity contribution >= 4 is 10.9 Å². The van der Waals surface area contributed by atoms with Gasteiger partial charge in [0.15, 0.2) is 0 Å². The molecule has 0 amide bonds. The molecule has 0 aliphatic rings. The molecule has 1 aromatic carbocycles. The number of fused-ring (bicyclic) bond motifs is 1. The molecule has 0 spiro atoms. The first-order chi connectivity index (χ1) is 10.3. The molecule has 2 rings (SSSR count). The second kappa shape index (κ2) is 7.99. The van der Waals surface area contributed by atoms with E-state index in [4.69, 9.17) is 4.74 Å². The van der Waals surface area contributed by atoms with Crippen LogP contribution in [0.4, 0.5) is 0 Å². The fraction of sp³-hybridized carbons (Fsp3) is 0.500. The van der Waals surface area contributed by atoms with Gasteiger partial charge < -0.3 is 10.1 Å². The van der Waals surface area contributed by atoms with Crippen LogP contribution in [0.3, 0.4) is 0 Å². The van der Waals surface area contributed by atoms with Crippen LogP contribution in [-0.2, 0) is 0 Å². The molecule has 1 aromatic heterocycles. The topological polar surface area (TPSA) is 34.1 Å². The van der Waals surface area contributed by atoms with E-state index in [1.165, 1.54) is 0 Å². The van der Waals surface area contributed by atoms with Crippen LogP contribution in [0.2, 0.25) is 0 Å². The first-order valence-electron chi connectivity index (χ1n) is 7.96. The van der Waals surface area contributed by atoms with Crippen LogP contribution < -0.4 is 10.1 Å². The number of nitrogens with one attached hydrogen (secondary N) is 1. The number of nitrogens with zero attached hydrogens (tertiary/aromatic N) is 1. The molecule has 0 radical (unpaired) electrons. The Labute approximate surface area is 127 Å². The number of rotatable bonds is 8. The predicted molar refractivity (Wildman–Crippen MR) is 88.8 cm³/mol. The van der Waals surface area contributed by atoms with E-state index in [1.54, 1.807) is 0 Å². The molecular weight excluding hydrogens is 260 g/mol. The number of hydrogen-bond donors (Lipinski definition) is 1. The smallest absolute Gasteiger partial charge is 0.128 e. The molecule has 2 aromatic rings. The Bertz CT molecular complexity index is 550. The Morgan fingerprint density at radius 1 is 1.19 bits per heavy atom. The summed E-state index contributed by atoms with van der Waals surface area (Å²) in [6, 6.07) is 10.5. The molecule has 3 nitrogen and oxygen atoms in total. The van der Waals surface area contributed by atoms with E-state index >= 15 is 0 Å². The van der Waals surface area contributed by atoms with E-state index in [0.717, 1.165) is 36.0 Å². The highest BCUT2D eigenvalue weighted by Gasteiger charge is 2.16. The van der Waals surface area contributed by atoms with E-state index in [-0.39, 0.29) is 0 Å². The third-order valence-corrected chi connectivity index (χ3v) is 4.01. The van der Waals surface area contributed by atoms with Gasteiger partial charge in [0, 0.05) is 17.6 Å². The maximum Gasteiger partial charge on any atom is 0.128 e. The summed E-state index contributed by atoms with van der Waals surface area (Å²) in [7, 11) is 0. The molecule has 0 saturated carbocycles. The van der Waals surface area contributed by atoms with E-state index in [9.17, 15) is 0 Å². The lowest BCUT2D eigenvalue weighted by atomic mass is 10.00. The fourth-order valence-corrected chi connectivity index (χ4v) is 2.42. The van der Waals surface area contributed by atoms with Crippen LogP contribution in [0.1, 0.15) is 33.6 Å². The first kappa shape index (κ1) is 15.8. The largest absolute Gasteiger partial charge is 0.491 e. The van der Waals surface area contributed by atoms with Gasteiger partial charge in [-0.1, -0.05) is 33.3 Å². The SMILES string of the molecule is CCCNC(COc1cccc2ncccc12)C(C)CC. The summed E-state index contributed by atoms with van der Waals surface area (Å²) in [5.74, 6) is 1.52. The number of benzene rings is 1. The number of hydrogen-bond acceptors (Lipinski definition) is 3. The molecule has 0 aliphatic carbocycles. The van der Waals surface area contributed by atoms with Crippen molar-refractivity contribution in [1.29, 1.82) is 0 Å². The van der Waals surface area contributed by atoms with Crippen molar-refractivity contribution in [2.24, 2.45) is 5.92 Å². The van der Waals surface area contributed by atoms with E-state index < -0.39 is 0 Å². The molecule has 0 bridgehead atoms. The molecule has 2 atom stereocenters. The van der Waals surface area contributed by atoms with Gasteiger partial charge in [-0.3, -0.25) is 4.98 Å². The quantitative estimate of drug-likeness (QED) is 0.795. The molecule has 1 heterocycles. The first-order valence-corrected chi connectivity index (χ1v) is 7.96. The molecule has 21 heavy (non-hydrogen) atoms. The number of ether oxygens (including phenoxy) is 1. The molecule has 0 fully saturated rings. The van der Waals surface area contributed by atoms with Gasteiger partial charge in [-0.05, 0) is 43.1 Å². The molecule has 0 saturated heterocycles. The van der Waals surface area contributed by atoms with Crippen LogP contribution in [-0.4, -0.2) is 24.2 Å². The van der Waals surface area contributed by atoms with Gasteiger partial charge in [0.2, 0.25) is 0 Å². The molecular formula is C18H26N2O. The Balaban J connectivity index is 2.08. The normalized spacial score (nSPS) is 14.0. The minimum atomic E-state index is 0.391. The van der Waals surface area contributed by atoms with Crippen molar-refractivity contribution < 1.29 is 4.74 Å². The minimum absolute atomic E-state index is 0.391. The van der Waals surface area contributed by atoms with Gasteiger partial charge in [-0.15, -0.1) is 0 Å². The molecule has 3 heteroatoms. The van der Waals surface area contributed by atoms with Crippen molar-refractivity contribution in [3.05, 3.63) is 36.5 Å². The zero-order chi connectivity index (χ0) is 15.1. The van der Waals surface area contributed by atoms with Gasteiger partial charge in [-0.25, -0.2) is 0 Å². The summed E-state index contributed by atoms with van der Waals surface area (Å²) in [5.41, 5.74) is 0.983. The van der Waals surface area contributed by atoms with E-state index in [1.807, 2.05) is 30.5 Å². The average Bonchev–Trinajstić information content (AvgIpc) is 2.54. The second-order valence-electron chi connectivity index (χ2n) is 5.58.